The molecule has 47 heavy (non-hydrogen) atoms. The van der Waals surface area contributed by atoms with Crippen molar-refractivity contribution in [2.75, 3.05) is 145 Å². The molecule has 280 valence electrons. The number of hydrazine groups is 1. The van der Waals surface area contributed by atoms with Crippen molar-refractivity contribution in [2.24, 2.45) is 0 Å². The second kappa shape index (κ2) is 21.7. The van der Waals surface area contributed by atoms with Crippen LogP contribution in [-0.2, 0) is 9.47 Å². The fraction of sp³-hybridized carbons (Fsp3) is 1.00. The topological polar surface area (TPSA) is 53.2 Å². The van der Waals surface area contributed by atoms with Crippen LogP contribution in [0.4, 0.5) is 0 Å². The van der Waals surface area contributed by atoms with Gasteiger partial charge >= 0.3 is 0 Å². The lowest BCUT2D eigenvalue weighted by molar-refractivity contribution is -0.00389. The molecule has 0 amide bonds. The fourth-order valence-corrected chi connectivity index (χ4v) is 6.49. The molecule has 5 aliphatic rings. The molecule has 0 unspecified atom stereocenters. The van der Waals surface area contributed by atoms with Gasteiger partial charge in [-0.1, -0.05) is 6.42 Å². The molecule has 0 aromatic heterocycles. The lowest BCUT2D eigenvalue weighted by Gasteiger charge is -2.42. The smallest absolute Gasteiger partial charge is 0.0594 e. The van der Waals surface area contributed by atoms with Crippen LogP contribution in [0.15, 0.2) is 0 Å². The summed E-state index contributed by atoms with van der Waals surface area (Å²) in [4.78, 5) is 14.8. The zero-order chi connectivity index (χ0) is 34.9. The van der Waals surface area contributed by atoms with Gasteiger partial charge in [0.1, 0.15) is 0 Å². The first kappa shape index (κ1) is 42.8. The lowest BCUT2D eigenvalue weighted by Crippen LogP contribution is -2.57. The molecule has 0 radical (unpaired) electrons. The minimum Gasteiger partial charge on any atom is -0.379 e. The molecular weight excluding hydrogens is 588 g/mol. The molecule has 0 aromatic rings. The van der Waals surface area contributed by atoms with E-state index in [4.69, 9.17) is 9.47 Å². The Morgan fingerprint density at radius 2 is 0.830 bits per heavy atom. The first-order valence-electron chi connectivity index (χ1n) is 19.0. The quantitative estimate of drug-likeness (QED) is 0.482. The third kappa shape index (κ3) is 19.0. The predicted octanol–water partition coefficient (Wildman–Crippen LogP) is 3.49. The molecule has 10 heteroatoms. The molecular formula is C37H80N8O2. The van der Waals surface area contributed by atoms with Gasteiger partial charge < -0.3 is 19.3 Å². The Hall–Kier alpha value is -0.400. The summed E-state index contributed by atoms with van der Waals surface area (Å²) in [6.45, 7) is 42.7. The van der Waals surface area contributed by atoms with Crippen LogP contribution in [0, 0.1) is 0 Å². The van der Waals surface area contributed by atoms with Gasteiger partial charge in [-0.2, -0.15) is 0 Å². The van der Waals surface area contributed by atoms with Crippen LogP contribution in [0.25, 0.3) is 0 Å². The van der Waals surface area contributed by atoms with Crippen molar-refractivity contribution in [3.05, 3.63) is 0 Å². The standard InChI is InChI=1S/C14H30N4O.C9H20N2.C8H17NO.C6H13N/c1-14(2,3)17-6-8-18(9-7-17)15-4-5-16-10-12-19-13-11-16;1-9(2,3)11-7-5-10(4)6-8-11;1-8(2,3)9-4-6-10-7-5-9;1-7-5-3-2-4-6-7/h15H,4-13H2,1-3H3;5-8H2,1-4H3;4-7H2,1-3H3;2-6H2,1H3. The largest absolute Gasteiger partial charge is 0.379 e. The van der Waals surface area contributed by atoms with Crippen molar-refractivity contribution in [3.8, 4) is 0 Å². The Morgan fingerprint density at radius 3 is 1.21 bits per heavy atom. The molecule has 0 bridgehead atoms. The molecule has 0 aromatic carbocycles. The Balaban J connectivity index is 0.000000234. The molecule has 0 aliphatic carbocycles. The number of piperazine rings is 2. The molecule has 5 rings (SSSR count). The molecule has 5 saturated heterocycles. The van der Waals surface area contributed by atoms with Crippen LogP contribution in [0.2, 0.25) is 0 Å². The monoisotopic (exact) mass is 669 g/mol. The number of rotatable bonds is 4. The second-order valence-electron chi connectivity index (χ2n) is 17.1. The Morgan fingerprint density at radius 1 is 0.447 bits per heavy atom. The Labute approximate surface area is 292 Å². The van der Waals surface area contributed by atoms with E-state index in [1.54, 1.807) is 0 Å². The van der Waals surface area contributed by atoms with Crippen molar-refractivity contribution < 1.29 is 9.47 Å². The summed E-state index contributed by atoms with van der Waals surface area (Å²) in [5.74, 6) is 0. The number of ether oxygens (including phenoxy) is 2. The number of nitrogens with zero attached hydrogens (tertiary/aromatic N) is 7. The maximum absolute atomic E-state index is 5.36. The van der Waals surface area contributed by atoms with Gasteiger partial charge in [0.2, 0.25) is 0 Å². The lowest BCUT2D eigenvalue weighted by atomic mass is 10.1. The first-order chi connectivity index (χ1) is 22.1. The van der Waals surface area contributed by atoms with Gasteiger partial charge in [0.15, 0.2) is 0 Å². The average Bonchev–Trinajstić information content (AvgIpc) is 3.03. The van der Waals surface area contributed by atoms with Gasteiger partial charge in [-0.3, -0.25) is 25.0 Å². The number of likely N-dealkylation sites (N-methyl/N-ethyl adjacent to an activating group) is 1. The van der Waals surface area contributed by atoms with Crippen LogP contribution in [-0.4, -0.2) is 196 Å². The van der Waals surface area contributed by atoms with E-state index >= 15 is 0 Å². The molecule has 0 saturated carbocycles. The molecule has 10 nitrogen and oxygen atoms in total. The van der Waals surface area contributed by atoms with E-state index in [2.05, 4.69) is 116 Å². The maximum atomic E-state index is 5.36. The van der Waals surface area contributed by atoms with Crippen LogP contribution in [0.5, 0.6) is 0 Å². The molecule has 1 N–H and O–H groups in total. The number of morpholine rings is 2. The number of hydrogen-bond donors (Lipinski definition) is 1. The summed E-state index contributed by atoms with van der Waals surface area (Å²) in [7, 11) is 4.39. The number of nitrogens with one attached hydrogen (secondary N) is 1. The van der Waals surface area contributed by atoms with Gasteiger partial charge in [0, 0.05) is 108 Å². The molecule has 0 spiro atoms. The van der Waals surface area contributed by atoms with Crippen molar-refractivity contribution in [3.63, 3.8) is 0 Å². The summed E-state index contributed by atoms with van der Waals surface area (Å²) >= 11 is 0. The van der Waals surface area contributed by atoms with Crippen LogP contribution in [0.1, 0.15) is 81.6 Å². The number of likely N-dealkylation sites (tertiary alicyclic amines) is 1. The normalized spacial score (nSPS) is 24.3. The van der Waals surface area contributed by atoms with E-state index in [0.29, 0.717) is 16.6 Å². The third-order valence-corrected chi connectivity index (χ3v) is 10.1. The van der Waals surface area contributed by atoms with Gasteiger partial charge in [0.05, 0.1) is 26.4 Å². The van der Waals surface area contributed by atoms with E-state index in [1.807, 2.05) is 0 Å². The van der Waals surface area contributed by atoms with E-state index in [0.717, 1.165) is 91.9 Å². The van der Waals surface area contributed by atoms with Gasteiger partial charge in [-0.15, -0.1) is 0 Å². The summed E-state index contributed by atoms with van der Waals surface area (Å²) in [6, 6.07) is 0. The zero-order valence-corrected chi connectivity index (χ0v) is 33.2. The van der Waals surface area contributed by atoms with Gasteiger partial charge in [0.25, 0.3) is 0 Å². The van der Waals surface area contributed by atoms with Gasteiger partial charge in [-0.25, -0.2) is 5.01 Å². The minimum atomic E-state index is 0.305. The second-order valence-corrected chi connectivity index (χ2v) is 17.1. The van der Waals surface area contributed by atoms with E-state index in [9.17, 15) is 0 Å². The van der Waals surface area contributed by atoms with Crippen LogP contribution in [0.3, 0.4) is 0 Å². The molecule has 5 heterocycles. The fourth-order valence-electron chi connectivity index (χ4n) is 6.49. The van der Waals surface area contributed by atoms with Crippen molar-refractivity contribution >= 4 is 0 Å². The third-order valence-electron chi connectivity index (χ3n) is 10.1. The van der Waals surface area contributed by atoms with Crippen molar-refractivity contribution in [1.82, 2.24) is 39.8 Å². The highest BCUT2D eigenvalue weighted by Gasteiger charge is 2.26. The van der Waals surface area contributed by atoms with E-state index in [1.165, 1.54) is 58.5 Å². The van der Waals surface area contributed by atoms with Crippen LogP contribution >= 0.6 is 0 Å². The first-order valence-corrected chi connectivity index (χ1v) is 19.0. The molecule has 5 fully saturated rings. The highest BCUT2D eigenvalue weighted by atomic mass is 16.5. The summed E-state index contributed by atoms with van der Waals surface area (Å²) < 4.78 is 10.6. The molecule has 5 aliphatic heterocycles. The maximum Gasteiger partial charge on any atom is 0.0594 e. The zero-order valence-electron chi connectivity index (χ0n) is 33.2. The minimum absolute atomic E-state index is 0.305. The highest BCUT2D eigenvalue weighted by molar-refractivity contribution is 4.82. The van der Waals surface area contributed by atoms with Gasteiger partial charge in [-0.05, 0) is 102 Å². The number of hydrogen-bond acceptors (Lipinski definition) is 10. The average molecular weight is 669 g/mol. The number of piperidine rings is 1. The predicted molar refractivity (Wildman–Crippen MR) is 200 cm³/mol. The highest BCUT2D eigenvalue weighted by Crippen LogP contribution is 2.16. The summed E-state index contributed by atoms with van der Waals surface area (Å²) in [6.07, 6.45) is 4.28. The van der Waals surface area contributed by atoms with Crippen molar-refractivity contribution in [2.45, 2.75) is 98.2 Å². The van der Waals surface area contributed by atoms with E-state index < -0.39 is 0 Å². The van der Waals surface area contributed by atoms with Crippen molar-refractivity contribution in [1.29, 1.82) is 0 Å². The Kier molecular flexibility index (Phi) is 19.8. The Bertz CT molecular complexity index is 763. The summed E-state index contributed by atoms with van der Waals surface area (Å²) in [5, 5.41) is 2.38. The molecule has 0 atom stereocenters. The SMILES string of the molecule is CC(C)(C)N1CCN(NCCN2CCOCC2)CC1.CC(C)(C)N1CCOCC1.CN1CCCCC1.CN1CCN(C(C)(C)C)CC1. The summed E-state index contributed by atoms with van der Waals surface area (Å²) in [5.41, 5.74) is 4.56. The van der Waals surface area contributed by atoms with Crippen LogP contribution < -0.4 is 5.43 Å². The van der Waals surface area contributed by atoms with E-state index in [-0.39, 0.29) is 0 Å².